The molecule has 0 radical (unpaired) electrons. The van der Waals surface area contributed by atoms with E-state index in [0.717, 1.165) is 42.5 Å². The fourth-order valence-electron chi connectivity index (χ4n) is 3.02. The van der Waals surface area contributed by atoms with Crippen LogP contribution in [-0.2, 0) is 11.2 Å². The zero-order chi connectivity index (χ0) is 16.9. The average Bonchev–Trinajstić information content (AvgIpc) is 3.27. The molecule has 5 nitrogen and oxygen atoms in total. The number of nitrogens with zero attached hydrogens (tertiary/aromatic N) is 2. The largest absolute Gasteiger partial charge is 0.496 e. The number of hydrogen-bond acceptors (Lipinski definition) is 5. The predicted molar refractivity (Wildman–Crippen MR) is 94.0 cm³/mol. The monoisotopic (exact) mass is 341 g/mol. The highest BCUT2D eigenvalue weighted by molar-refractivity contribution is 7.14. The van der Waals surface area contributed by atoms with Gasteiger partial charge in [0.1, 0.15) is 5.75 Å². The SMILES string of the molecule is COc1ccc(-c2csc(NC(=O)C3CCCC3)n2)cc1CC#N. The Hall–Kier alpha value is -2.39. The van der Waals surface area contributed by atoms with Crippen molar-refractivity contribution in [2.45, 2.75) is 32.1 Å². The summed E-state index contributed by atoms with van der Waals surface area (Å²) in [4.78, 5) is 16.7. The lowest BCUT2D eigenvalue weighted by Crippen LogP contribution is -2.20. The Kier molecular flexibility index (Phi) is 5.11. The molecule has 2 aromatic rings. The van der Waals surface area contributed by atoms with Crippen molar-refractivity contribution in [1.29, 1.82) is 5.26 Å². The maximum Gasteiger partial charge on any atom is 0.229 e. The molecule has 1 aromatic heterocycles. The van der Waals surface area contributed by atoms with Crippen LogP contribution in [0.5, 0.6) is 5.75 Å². The second kappa shape index (κ2) is 7.45. The molecule has 1 heterocycles. The van der Waals surface area contributed by atoms with E-state index in [9.17, 15) is 4.79 Å². The average molecular weight is 341 g/mol. The van der Waals surface area contributed by atoms with Gasteiger partial charge in [0.25, 0.3) is 0 Å². The number of rotatable bonds is 5. The van der Waals surface area contributed by atoms with Gasteiger partial charge >= 0.3 is 0 Å². The summed E-state index contributed by atoms with van der Waals surface area (Å²) in [6.07, 6.45) is 4.50. The number of ether oxygens (including phenoxy) is 1. The minimum absolute atomic E-state index is 0.0771. The van der Waals surface area contributed by atoms with Gasteiger partial charge in [-0.1, -0.05) is 12.8 Å². The highest BCUT2D eigenvalue weighted by Gasteiger charge is 2.23. The van der Waals surface area contributed by atoms with Crippen molar-refractivity contribution in [1.82, 2.24) is 4.98 Å². The summed E-state index contributed by atoms with van der Waals surface area (Å²) >= 11 is 1.42. The maximum absolute atomic E-state index is 12.2. The van der Waals surface area contributed by atoms with Crippen molar-refractivity contribution in [3.63, 3.8) is 0 Å². The number of carbonyl (C=O) groups is 1. The number of hydrogen-bond donors (Lipinski definition) is 1. The van der Waals surface area contributed by atoms with Crippen LogP contribution < -0.4 is 10.1 Å². The number of amides is 1. The summed E-state index contributed by atoms with van der Waals surface area (Å²) in [5.74, 6) is 0.902. The van der Waals surface area contributed by atoms with E-state index in [2.05, 4.69) is 16.4 Å². The molecular weight excluding hydrogens is 322 g/mol. The van der Waals surface area contributed by atoms with Crippen LogP contribution in [0.3, 0.4) is 0 Å². The molecule has 6 heteroatoms. The van der Waals surface area contributed by atoms with Crippen molar-refractivity contribution in [2.75, 3.05) is 12.4 Å². The van der Waals surface area contributed by atoms with Crippen LogP contribution in [0, 0.1) is 17.2 Å². The normalized spacial score (nSPS) is 14.3. The van der Waals surface area contributed by atoms with Gasteiger partial charge in [-0.3, -0.25) is 4.79 Å². The number of anilines is 1. The highest BCUT2D eigenvalue weighted by Crippen LogP contribution is 2.31. The van der Waals surface area contributed by atoms with Crippen molar-refractivity contribution in [2.24, 2.45) is 5.92 Å². The number of benzene rings is 1. The molecule has 0 spiro atoms. The Morgan fingerprint density at radius 2 is 2.25 bits per heavy atom. The Bertz CT molecular complexity index is 773. The van der Waals surface area contributed by atoms with Gasteiger partial charge < -0.3 is 10.1 Å². The third kappa shape index (κ3) is 3.57. The highest BCUT2D eigenvalue weighted by atomic mass is 32.1. The minimum Gasteiger partial charge on any atom is -0.496 e. The Labute approximate surface area is 145 Å². The van der Waals surface area contributed by atoms with E-state index in [1.165, 1.54) is 11.3 Å². The van der Waals surface area contributed by atoms with Crippen LogP contribution >= 0.6 is 11.3 Å². The first-order chi connectivity index (χ1) is 11.7. The molecule has 0 aliphatic heterocycles. The van der Waals surface area contributed by atoms with Crippen LogP contribution in [-0.4, -0.2) is 18.0 Å². The van der Waals surface area contributed by atoms with Crippen LogP contribution in [0.25, 0.3) is 11.3 Å². The number of nitriles is 1. The van der Waals surface area contributed by atoms with E-state index in [4.69, 9.17) is 10.00 Å². The lowest BCUT2D eigenvalue weighted by atomic mass is 10.1. The first-order valence-electron chi connectivity index (χ1n) is 8.02. The summed E-state index contributed by atoms with van der Waals surface area (Å²) in [5, 5.41) is 14.4. The first kappa shape index (κ1) is 16.5. The fraction of sp³-hybridized carbons (Fsp3) is 0.389. The van der Waals surface area contributed by atoms with Gasteiger partial charge in [0.2, 0.25) is 5.91 Å². The number of methoxy groups -OCH3 is 1. The van der Waals surface area contributed by atoms with Gasteiger partial charge in [0.15, 0.2) is 5.13 Å². The van der Waals surface area contributed by atoms with Crippen LogP contribution in [0.2, 0.25) is 0 Å². The summed E-state index contributed by atoms with van der Waals surface area (Å²) < 4.78 is 5.28. The number of carbonyl (C=O) groups excluding carboxylic acids is 1. The van der Waals surface area contributed by atoms with Gasteiger partial charge in [-0.25, -0.2) is 4.98 Å². The second-order valence-electron chi connectivity index (χ2n) is 5.87. The molecule has 1 aliphatic carbocycles. The van der Waals surface area contributed by atoms with Crippen LogP contribution in [0.1, 0.15) is 31.2 Å². The second-order valence-corrected chi connectivity index (χ2v) is 6.73. The number of thiazole rings is 1. The molecule has 1 aromatic carbocycles. The molecule has 3 rings (SSSR count). The lowest BCUT2D eigenvalue weighted by Gasteiger charge is -2.08. The fourth-order valence-corrected chi connectivity index (χ4v) is 3.74. The molecular formula is C18H19N3O2S. The summed E-state index contributed by atoms with van der Waals surface area (Å²) in [7, 11) is 1.59. The van der Waals surface area contributed by atoms with Gasteiger partial charge in [-0.15, -0.1) is 11.3 Å². The zero-order valence-corrected chi connectivity index (χ0v) is 14.4. The van der Waals surface area contributed by atoms with E-state index in [-0.39, 0.29) is 18.2 Å². The molecule has 0 bridgehead atoms. The topological polar surface area (TPSA) is 75.0 Å². The van der Waals surface area contributed by atoms with Crippen molar-refractivity contribution in [3.05, 3.63) is 29.1 Å². The van der Waals surface area contributed by atoms with Crippen LogP contribution in [0.15, 0.2) is 23.6 Å². The lowest BCUT2D eigenvalue weighted by molar-refractivity contribution is -0.119. The smallest absolute Gasteiger partial charge is 0.229 e. The van der Waals surface area contributed by atoms with E-state index in [1.807, 2.05) is 23.6 Å². The first-order valence-corrected chi connectivity index (χ1v) is 8.90. The molecule has 0 saturated heterocycles. The molecule has 1 aliphatic rings. The Morgan fingerprint density at radius 3 is 2.96 bits per heavy atom. The maximum atomic E-state index is 12.2. The van der Waals surface area contributed by atoms with Gasteiger partial charge in [0, 0.05) is 22.4 Å². The minimum atomic E-state index is 0.0771. The third-order valence-corrected chi connectivity index (χ3v) is 5.06. The summed E-state index contributed by atoms with van der Waals surface area (Å²) in [6, 6.07) is 7.82. The molecule has 1 N–H and O–H groups in total. The quantitative estimate of drug-likeness (QED) is 0.891. The number of aromatic nitrogens is 1. The Balaban J connectivity index is 1.76. The molecule has 124 valence electrons. The molecule has 1 saturated carbocycles. The van der Waals surface area contributed by atoms with Gasteiger partial charge in [-0.05, 0) is 31.0 Å². The predicted octanol–water partition coefficient (Wildman–Crippen LogP) is 4.01. The number of nitrogens with one attached hydrogen (secondary N) is 1. The molecule has 1 amide bonds. The van der Waals surface area contributed by atoms with Gasteiger partial charge in [-0.2, -0.15) is 5.26 Å². The van der Waals surface area contributed by atoms with E-state index < -0.39 is 0 Å². The van der Waals surface area contributed by atoms with E-state index in [1.54, 1.807) is 7.11 Å². The molecule has 0 unspecified atom stereocenters. The van der Waals surface area contributed by atoms with E-state index in [0.29, 0.717) is 10.9 Å². The Morgan fingerprint density at radius 1 is 1.46 bits per heavy atom. The molecule has 0 atom stereocenters. The van der Waals surface area contributed by atoms with Crippen molar-refractivity contribution in [3.8, 4) is 23.1 Å². The molecule has 24 heavy (non-hydrogen) atoms. The molecule has 1 fully saturated rings. The summed E-state index contributed by atoms with van der Waals surface area (Å²) in [5.41, 5.74) is 2.55. The summed E-state index contributed by atoms with van der Waals surface area (Å²) in [6.45, 7) is 0. The third-order valence-electron chi connectivity index (χ3n) is 4.31. The van der Waals surface area contributed by atoms with Crippen molar-refractivity contribution >= 4 is 22.4 Å². The van der Waals surface area contributed by atoms with E-state index >= 15 is 0 Å². The van der Waals surface area contributed by atoms with Crippen molar-refractivity contribution < 1.29 is 9.53 Å². The van der Waals surface area contributed by atoms with Gasteiger partial charge in [0.05, 0.1) is 25.3 Å². The van der Waals surface area contributed by atoms with Crippen LogP contribution in [0.4, 0.5) is 5.13 Å². The standard InChI is InChI=1S/C18H19N3O2S/c1-23-16-7-6-13(10-14(16)8-9-19)15-11-24-18(20-15)21-17(22)12-4-2-3-5-12/h6-7,10-12H,2-5,8H2,1H3,(H,20,21,22). The zero-order valence-electron chi connectivity index (χ0n) is 13.5.